The van der Waals surface area contributed by atoms with Gasteiger partial charge in [-0.25, -0.2) is 0 Å². The number of hydrogen-bond donors (Lipinski definition) is 0. The first-order valence-corrected chi connectivity index (χ1v) is 9.16. The first-order chi connectivity index (χ1) is 12.0. The first-order valence-electron chi connectivity index (χ1n) is 9.16. The van der Waals surface area contributed by atoms with Gasteiger partial charge in [0.1, 0.15) is 5.75 Å². The average molecular weight is 346 g/mol. The molecule has 1 saturated heterocycles. The number of nitrogens with zero attached hydrogens (tertiary/aromatic N) is 2. The number of carbonyl (C=O) groups excluding carboxylic acids is 2. The molecule has 1 aliphatic rings. The van der Waals surface area contributed by atoms with Crippen LogP contribution in [0.4, 0.5) is 0 Å². The Balaban J connectivity index is 1.83. The predicted molar refractivity (Wildman–Crippen MR) is 98.5 cm³/mol. The van der Waals surface area contributed by atoms with Crippen molar-refractivity contribution in [2.24, 2.45) is 5.92 Å². The molecule has 1 unspecified atom stereocenters. The van der Waals surface area contributed by atoms with Gasteiger partial charge in [-0.15, -0.1) is 0 Å². The Hall–Kier alpha value is -2.04. The van der Waals surface area contributed by atoms with Crippen molar-refractivity contribution in [1.29, 1.82) is 0 Å². The van der Waals surface area contributed by atoms with E-state index in [2.05, 4.69) is 6.92 Å². The highest BCUT2D eigenvalue weighted by Gasteiger charge is 2.21. The third-order valence-corrected chi connectivity index (χ3v) is 4.86. The highest BCUT2D eigenvalue weighted by Crippen LogP contribution is 2.17. The normalized spacial score (nSPS) is 17.2. The fourth-order valence-corrected chi connectivity index (χ4v) is 3.32. The number of methoxy groups -OCH3 is 1. The first kappa shape index (κ1) is 19.3. The average Bonchev–Trinajstić information content (AvgIpc) is 2.61. The van der Waals surface area contributed by atoms with Gasteiger partial charge in [0.25, 0.3) is 0 Å². The highest BCUT2D eigenvalue weighted by molar-refractivity contribution is 5.78. The molecule has 0 spiro atoms. The minimum Gasteiger partial charge on any atom is -0.497 e. The summed E-state index contributed by atoms with van der Waals surface area (Å²) < 4.78 is 5.23. The van der Waals surface area contributed by atoms with E-state index in [0.717, 1.165) is 37.2 Å². The lowest BCUT2D eigenvalue weighted by Gasteiger charge is -2.31. The number of amides is 2. The number of rotatable bonds is 7. The van der Waals surface area contributed by atoms with Crippen LogP contribution >= 0.6 is 0 Å². The third-order valence-electron chi connectivity index (χ3n) is 4.86. The number of likely N-dealkylation sites (tertiary alicyclic amines) is 1. The molecule has 5 nitrogen and oxygen atoms in total. The van der Waals surface area contributed by atoms with Crippen LogP contribution in [0.15, 0.2) is 24.3 Å². The van der Waals surface area contributed by atoms with Crippen molar-refractivity contribution < 1.29 is 14.3 Å². The monoisotopic (exact) mass is 346 g/mol. The number of ether oxygens (including phenoxy) is 1. The Morgan fingerprint density at radius 2 is 2.12 bits per heavy atom. The molecule has 1 aliphatic heterocycles. The van der Waals surface area contributed by atoms with Crippen LogP contribution in [0.1, 0.15) is 38.7 Å². The van der Waals surface area contributed by atoms with E-state index in [1.54, 1.807) is 18.9 Å². The van der Waals surface area contributed by atoms with E-state index >= 15 is 0 Å². The van der Waals surface area contributed by atoms with E-state index in [-0.39, 0.29) is 11.8 Å². The van der Waals surface area contributed by atoms with Gasteiger partial charge >= 0.3 is 0 Å². The number of carbonyl (C=O) groups is 2. The summed E-state index contributed by atoms with van der Waals surface area (Å²) in [5.41, 5.74) is 1.13. The fraction of sp³-hybridized carbons (Fsp3) is 0.600. The van der Waals surface area contributed by atoms with Crippen molar-refractivity contribution in [2.45, 2.75) is 39.5 Å². The molecule has 138 valence electrons. The van der Waals surface area contributed by atoms with Gasteiger partial charge in [-0.2, -0.15) is 0 Å². The number of piperidine rings is 1. The van der Waals surface area contributed by atoms with Gasteiger partial charge in [-0.05, 0) is 42.9 Å². The van der Waals surface area contributed by atoms with Crippen LogP contribution in [0.2, 0.25) is 0 Å². The molecule has 1 aromatic rings. The summed E-state index contributed by atoms with van der Waals surface area (Å²) in [6.45, 7) is 6.57. The standard InChI is InChI=1S/C20H30N2O3/c1-16-6-5-11-22(15-16)20(24)10-13-21(17(2)23)12-9-18-7-4-8-19(14-18)25-3/h4,7-8,14,16H,5-6,9-13,15H2,1-3H3. The summed E-state index contributed by atoms with van der Waals surface area (Å²) in [6, 6.07) is 7.87. The molecule has 2 rings (SSSR count). The Bertz CT molecular complexity index is 588. The fourth-order valence-electron chi connectivity index (χ4n) is 3.32. The summed E-state index contributed by atoms with van der Waals surface area (Å²) in [5, 5.41) is 0. The van der Waals surface area contributed by atoms with Crippen LogP contribution < -0.4 is 4.74 Å². The zero-order valence-electron chi connectivity index (χ0n) is 15.7. The Morgan fingerprint density at radius 1 is 1.32 bits per heavy atom. The van der Waals surface area contributed by atoms with E-state index in [0.29, 0.717) is 25.4 Å². The predicted octanol–water partition coefficient (Wildman–Crippen LogP) is 2.73. The lowest BCUT2D eigenvalue weighted by Crippen LogP contribution is -2.41. The Labute approximate surface area is 150 Å². The molecule has 1 aromatic carbocycles. The maximum atomic E-state index is 12.4. The van der Waals surface area contributed by atoms with Crippen molar-refractivity contribution >= 4 is 11.8 Å². The SMILES string of the molecule is COc1cccc(CCN(CCC(=O)N2CCCC(C)C2)C(C)=O)c1. The molecular weight excluding hydrogens is 316 g/mol. The lowest BCUT2D eigenvalue weighted by atomic mass is 10.00. The van der Waals surface area contributed by atoms with Crippen LogP contribution in [-0.2, 0) is 16.0 Å². The lowest BCUT2D eigenvalue weighted by molar-refractivity contribution is -0.134. The van der Waals surface area contributed by atoms with Crippen LogP contribution in [0.5, 0.6) is 5.75 Å². The number of benzene rings is 1. The van der Waals surface area contributed by atoms with Crippen LogP contribution in [0.3, 0.4) is 0 Å². The van der Waals surface area contributed by atoms with E-state index in [9.17, 15) is 9.59 Å². The molecule has 1 heterocycles. The molecule has 5 heteroatoms. The van der Waals surface area contributed by atoms with Gasteiger partial charge < -0.3 is 14.5 Å². The van der Waals surface area contributed by atoms with Gasteiger partial charge in [0, 0.05) is 39.5 Å². The maximum absolute atomic E-state index is 12.4. The molecule has 2 amide bonds. The Morgan fingerprint density at radius 3 is 2.80 bits per heavy atom. The van der Waals surface area contributed by atoms with Gasteiger partial charge in [0.05, 0.1) is 7.11 Å². The zero-order chi connectivity index (χ0) is 18.2. The van der Waals surface area contributed by atoms with Gasteiger partial charge in [0.15, 0.2) is 0 Å². The summed E-state index contributed by atoms with van der Waals surface area (Å²) >= 11 is 0. The molecule has 0 aromatic heterocycles. The zero-order valence-corrected chi connectivity index (χ0v) is 15.7. The molecule has 1 atom stereocenters. The quantitative estimate of drug-likeness (QED) is 0.763. The summed E-state index contributed by atoms with van der Waals surface area (Å²) in [4.78, 5) is 28.0. The molecular formula is C20H30N2O3. The molecule has 0 radical (unpaired) electrons. The van der Waals surface area contributed by atoms with Gasteiger partial charge in [-0.1, -0.05) is 19.1 Å². The smallest absolute Gasteiger partial charge is 0.224 e. The van der Waals surface area contributed by atoms with Crippen molar-refractivity contribution in [1.82, 2.24) is 9.80 Å². The second kappa shape index (κ2) is 9.44. The molecule has 0 saturated carbocycles. The van der Waals surface area contributed by atoms with Gasteiger partial charge in [-0.3, -0.25) is 9.59 Å². The number of hydrogen-bond acceptors (Lipinski definition) is 3. The van der Waals surface area contributed by atoms with Crippen molar-refractivity contribution in [3.8, 4) is 5.75 Å². The van der Waals surface area contributed by atoms with E-state index < -0.39 is 0 Å². The van der Waals surface area contributed by atoms with Crippen LogP contribution in [0.25, 0.3) is 0 Å². The maximum Gasteiger partial charge on any atom is 0.224 e. The second-order valence-electron chi connectivity index (χ2n) is 6.94. The third kappa shape index (κ3) is 6.07. The van der Waals surface area contributed by atoms with Crippen molar-refractivity contribution in [3.63, 3.8) is 0 Å². The largest absolute Gasteiger partial charge is 0.497 e. The second-order valence-corrected chi connectivity index (χ2v) is 6.94. The molecule has 0 bridgehead atoms. The van der Waals surface area contributed by atoms with Crippen molar-refractivity contribution in [2.75, 3.05) is 33.3 Å². The van der Waals surface area contributed by atoms with E-state index in [4.69, 9.17) is 4.74 Å². The van der Waals surface area contributed by atoms with E-state index in [1.165, 1.54) is 6.42 Å². The van der Waals surface area contributed by atoms with Crippen LogP contribution in [0, 0.1) is 5.92 Å². The summed E-state index contributed by atoms with van der Waals surface area (Å²) in [7, 11) is 1.65. The summed E-state index contributed by atoms with van der Waals surface area (Å²) in [5.74, 6) is 1.58. The minimum absolute atomic E-state index is 0.0164. The van der Waals surface area contributed by atoms with Crippen molar-refractivity contribution in [3.05, 3.63) is 29.8 Å². The topological polar surface area (TPSA) is 49.9 Å². The molecule has 25 heavy (non-hydrogen) atoms. The van der Waals surface area contributed by atoms with Crippen LogP contribution in [-0.4, -0.2) is 54.9 Å². The van der Waals surface area contributed by atoms with E-state index in [1.807, 2.05) is 29.2 Å². The molecule has 0 N–H and O–H groups in total. The Kier molecular flexibility index (Phi) is 7.29. The minimum atomic E-state index is 0.0164. The molecule has 1 fully saturated rings. The highest BCUT2D eigenvalue weighted by atomic mass is 16.5. The summed E-state index contributed by atoms with van der Waals surface area (Å²) in [6.07, 6.45) is 3.44. The molecule has 0 aliphatic carbocycles. The van der Waals surface area contributed by atoms with Gasteiger partial charge in [0.2, 0.25) is 11.8 Å².